The lowest BCUT2D eigenvalue weighted by Crippen LogP contribution is -2.23. The second-order valence-electron chi connectivity index (χ2n) is 3.46. The van der Waals surface area contributed by atoms with Crippen LogP contribution in [0.3, 0.4) is 0 Å². The van der Waals surface area contributed by atoms with Crippen LogP contribution in [0.4, 0.5) is 5.69 Å². The van der Waals surface area contributed by atoms with Gasteiger partial charge in [-0.2, -0.15) is 0 Å². The standard InChI is InChI=1S/C11H16N4O/c1-7(16)10(14-2)8-4-3-5-9(6-8)15-11(12)13/h3-6,10,14H,1-2H3,(H4,12,13,15)/t10-/m1/s1. The first-order valence-corrected chi connectivity index (χ1v) is 4.92. The van der Waals surface area contributed by atoms with Crippen molar-refractivity contribution in [3.63, 3.8) is 0 Å². The summed E-state index contributed by atoms with van der Waals surface area (Å²) in [5, 5.41) is 2.94. The molecule has 0 unspecified atom stereocenters. The molecule has 1 atom stereocenters. The van der Waals surface area contributed by atoms with Crippen LogP contribution in [0.25, 0.3) is 0 Å². The second kappa shape index (κ2) is 5.27. The summed E-state index contributed by atoms with van der Waals surface area (Å²) in [6.45, 7) is 1.54. The molecule has 0 saturated heterocycles. The van der Waals surface area contributed by atoms with Crippen molar-refractivity contribution in [3.8, 4) is 0 Å². The van der Waals surface area contributed by atoms with Gasteiger partial charge in [0.2, 0.25) is 0 Å². The number of hydrogen-bond acceptors (Lipinski definition) is 3. The van der Waals surface area contributed by atoms with Crippen molar-refractivity contribution < 1.29 is 4.79 Å². The molecule has 1 aromatic carbocycles. The Morgan fingerprint density at radius 2 is 2.12 bits per heavy atom. The summed E-state index contributed by atoms with van der Waals surface area (Å²) in [4.78, 5) is 15.3. The van der Waals surface area contributed by atoms with Gasteiger partial charge in [-0.05, 0) is 31.7 Å². The molecule has 0 amide bonds. The third kappa shape index (κ3) is 3.06. The highest BCUT2D eigenvalue weighted by Crippen LogP contribution is 2.20. The highest BCUT2D eigenvalue weighted by molar-refractivity contribution is 5.83. The normalized spacial score (nSPS) is 11.9. The van der Waals surface area contributed by atoms with E-state index >= 15 is 0 Å². The molecule has 0 bridgehead atoms. The topological polar surface area (TPSA) is 93.5 Å². The number of rotatable bonds is 4. The molecule has 0 aliphatic carbocycles. The third-order valence-corrected chi connectivity index (χ3v) is 2.16. The summed E-state index contributed by atoms with van der Waals surface area (Å²) in [5.74, 6) is 0.0466. The fourth-order valence-corrected chi connectivity index (χ4v) is 1.53. The van der Waals surface area contributed by atoms with Crippen LogP contribution in [0.15, 0.2) is 29.3 Å². The number of nitrogens with zero attached hydrogens (tertiary/aromatic N) is 1. The first-order valence-electron chi connectivity index (χ1n) is 4.92. The zero-order chi connectivity index (χ0) is 12.1. The number of nitrogens with one attached hydrogen (secondary N) is 1. The largest absolute Gasteiger partial charge is 0.370 e. The summed E-state index contributed by atoms with van der Waals surface area (Å²) < 4.78 is 0. The van der Waals surface area contributed by atoms with Gasteiger partial charge in [-0.1, -0.05) is 12.1 Å². The van der Waals surface area contributed by atoms with Gasteiger partial charge in [-0.25, -0.2) is 4.99 Å². The quantitative estimate of drug-likeness (QED) is 0.507. The first-order chi connectivity index (χ1) is 7.54. The van der Waals surface area contributed by atoms with E-state index in [1.54, 1.807) is 19.2 Å². The average molecular weight is 220 g/mol. The SMILES string of the molecule is CN[C@H](C(C)=O)c1cccc(N=C(N)N)c1. The Bertz CT molecular complexity index is 410. The van der Waals surface area contributed by atoms with Crippen LogP contribution < -0.4 is 16.8 Å². The molecule has 0 spiro atoms. The van der Waals surface area contributed by atoms with E-state index in [9.17, 15) is 4.79 Å². The van der Waals surface area contributed by atoms with Crippen molar-refractivity contribution in [2.75, 3.05) is 7.05 Å². The fraction of sp³-hybridized carbons (Fsp3) is 0.273. The number of benzene rings is 1. The third-order valence-electron chi connectivity index (χ3n) is 2.16. The van der Waals surface area contributed by atoms with Gasteiger partial charge < -0.3 is 16.8 Å². The Balaban J connectivity index is 3.06. The zero-order valence-electron chi connectivity index (χ0n) is 9.40. The van der Waals surface area contributed by atoms with Crippen LogP contribution >= 0.6 is 0 Å². The maximum atomic E-state index is 11.4. The van der Waals surface area contributed by atoms with E-state index in [-0.39, 0.29) is 17.8 Å². The fourth-order valence-electron chi connectivity index (χ4n) is 1.53. The summed E-state index contributed by atoms with van der Waals surface area (Å²) in [6, 6.07) is 6.89. The molecule has 0 radical (unpaired) electrons. The molecule has 16 heavy (non-hydrogen) atoms. The second-order valence-corrected chi connectivity index (χ2v) is 3.46. The van der Waals surface area contributed by atoms with Gasteiger partial charge in [0.15, 0.2) is 11.7 Å². The van der Waals surface area contributed by atoms with Gasteiger partial charge in [-0.15, -0.1) is 0 Å². The minimum absolute atomic E-state index is 0.000910. The Morgan fingerprint density at radius 3 is 2.62 bits per heavy atom. The van der Waals surface area contributed by atoms with Crippen molar-refractivity contribution in [2.24, 2.45) is 16.5 Å². The van der Waals surface area contributed by atoms with Crippen LogP contribution in [-0.4, -0.2) is 18.8 Å². The maximum absolute atomic E-state index is 11.4. The highest BCUT2D eigenvalue weighted by atomic mass is 16.1. The number of guanidine groups is 1. The zero-order valence-corrected chi connectivity index (χ0v) is 9.40. The van der Waals surface area contributed by atoms with Crippen LogP contribution in [0.5, 0.6) is 0 Å². The lowest BCUT2D eigenvalue weighted by Gasteiger charge is -2.13. The lowest BCUT2D eigenvalue weighted by atomic mass is 10.0. The monoisotopic (exact) mass is 220 g/mol. The van der Waals surface area contributed by atoms with Gasteiger partial charge in [0.1, 0.15) is 0 Å². The molecule has 86 valence electrons. The number of carbonyl (C=O) groups is 1. The number of carbonyl (C=O) groups excluding carboxylic acids is 1. The van der Waals surface area contributed by atoms with E-state index in [0.717, 1.165) is 5.56 Å². The molecule has 0 aliphatic rings. The summed E-state index contributed by atoms with van der Waals surface area (Å²) in [5.41, 5.74) is 12.1. The van der Waals surface area contributed by atoms with E-state index < -0.39 is 0 Å². The van der Waals surface area contributed by atoms with Gasteiger partial charge in [0.05, 0.1) is 11.7 Å². The van der Waals surface area contributed by atoms with E-state index in [1.807, 2.05) is 12.1 Å². The molecule has 0 fully saturated rings. The molecule has 0 saturated carbocycles. The van der Waals surface area contributed by atoms with Crippen LogP contribution in [0.1, 0.15) is 18.5 Å². The first kappa shape index (κ1) is 12.2. The molecule has 5 heteroatoms. The van der Waals surface area contributed by atoms with E-state index in [1.165, 1.54) is 6.92 Å². The Hall–Kier alpha value is -1.88. The van der Waals surface area contributed by atoms with E-state index in [2.05, 4.69) is 10.3 Å². The molecule has 1 aromatic rings. The minimum atomic E-state index is -0.325. The van der Waals surface area contributed by atoms with Crippen molar-refractivity contribution in [1.29, 1.82) is 0 Å². The molecule has 0 aliphatic heterocycles. The van der Waals surface area contributed by atoms with Crippen molar-refractivity contribution in [2.45, 2.75) is 13.0 Å². The Kier molecular flexibility index (Phi) is 4.02. The van der Waals surface area contributed by atoms with Crippen molar-refractivity contribution in [3.05, 3.63) is 29.8 Å². The Morgan fingerprint density at radius 1 is 1.44 bits per heavy atom. The number of ketones is 1. The number of hydrogen-bond donors (Lipinski definition) is 3. The van der Waals surface area contributed by atoms with Crippen LogP contribution in [0.2, 0.25) is 0 Å². The molecular weight excluding hydrogens is 204 g/mol. The summed E-state index contributed by atoms with van der Waals surface area (Å²) in [6.07, 6.45) is 0. The molecule has 5 nitrogen and oxygen atoms in total. The van der Waals surface area contributed by atoms with Crippen molar-refractivity contribution in [1.82, 2.24) is 5.32 Å². The molecular formula is C11H16N4O. The number of Topliss-reactive ketones (excluding diaryl/α,β-unsaturated/α-hetero) is 1. The molecule has 1 rings (SSSR count). The van der Waals surface area contributed by atoms with Crippen molar-refractivity contribution >= 4 is 17.4 Å². The molecule has 0 heterocycles. The number of likely N-dealkylation sites (N-methyl/N-ethyl adjacent to an activating group) is 1. The predicted octanol–water partition coefficient (Wildman–Crippen LogP) is 0.441. The smallest absolute Gasteiger partial charge is 0.191 e. The van der Waals surface area contributed by atoms with Gasteiger partial charge in [-0.3, -0.25) is 4.79 Å². The predicted molar refractivity (Wildman–Crippen MR) is 64.4 cm³/mol. The lowest BCUT2D eigenvalue weighted by molar-refractivity contribution is -0.119. The van der Waals surface area contributed by atoms with Gasteiger partial charge >= 0.3 is 0 Å². The van der Waals surface area contributed by atoms with Gasteiger partial charge in [0, 0.05) is 0 Å². The Labute approximate surface area is 94.5 Å². The average Bonchev–Trinajstić information content (AvgIpc) is 2.17. The van der Waals surface area contributed by atoms with Crippen LogP contribution in [-0.2, 0) is 4.79 Å². The van der Waals surface area contributed by atoms with Gasteiger partial charge in [0.25, 0.3) is 0 Å². The molecule has 5 N–H and O–H groups in total. The number of aliphatic imine (C=N–C) groups is 1. The summed E-state index contributed by atoms with van der Waals surface area (Å²) >= 11 is 0. The number of nitrogens with two attached hydrogens (primary N) is 2. The summed E-state index contributed by atoms with van der Waals surface area (Å²) in [7, 11) is 1.74. The maximum Gasteiger partial charge on any atom is 0.191 e. The highest BCUT2D eigenvalue weighted by Gasteiger charge is 2.13. The minimum Gasteiger partial charge on any atom is -0.370 e. The molecule has 0 aromatic heterocycles. The van der Waals surface area contributed by atoms with E-state index in [4.69, 9.17) is 11.5 Å². The van der Waals surface area contributed by atoms with Crippen LogP contribution in [0, 0.1) is 0 Å². The van der Waals surface area contributed by atoms with E-state index in [0.29, 0.717) is 5.69 Å².